The van der Waals surface area contributed by atoms with E-state index in [9.17, 15) is 40.3 Å². The van der Waals surface area contributed by atoms with Crippen LogP contribution in [0.25, 0.3) is 21.8 Å². The van der Waals surface area contributed by atoms with E-state index in [0.717, 1.165) is 15.4 Å². The van der Waals surface area contributed by atoms with Crippen LogP contribution in [0.2, 0.25) is 16.6 Å². The summed E-state index contributed by atoms with van der Waals surface area (Å²) in [5, 5.41) is 12.0. The van der Waals surface area contributed by atoms with Crippen molar-refractivity contribution in [2.24, 2.45) is 0 Å². The minimum absolute atomic E-state index is 0.0241. The first-order chi connectivity index (χ1) is 36.4. The molecule has 21 heteroatoms. The highest BCUT2D eigenvalue weighted by atomic mass is 32.2. The third-order valence-corrected chi connectivity index (χ3v) is 23.9. The van der Waals surface area contributed by atoms with Crippen molar-refractivity contribution in [1.29, 1.82) is 0 Å². The van der Waals surface area contributed by atoms with Crippen molar-refractivity contribution < 1.29 is 44.7 Å². The minimum Gasteiger partial charge on any atom is -0.541 e. The molecule has 406 valence electrons. The molecule has 0 fully saturated rings. The molecule has 0 unspecified atom stereocenters. The molecule has 0 radical (unpaired) electrons. The van der Waals surface area contributed by atoms with Gasteiger partial charge in [-0.05, 0) is 81.8 Å². The number of benzene rings is 5. The Bertz CT molecular complexity index is 3570. The molecule has 0 spiro atoms. The quantitative estimate of drug-likeness (QED) is 0.0832. The lowest BCUT2D eigenvalue weighted by molar-refractivity contribution is 0.0757. The van der Waals surface area contributed by atoms with Crippen molar-refractivity contribution >= 4 is 73.7 Å². The number of nitrogens with one attached hydrogen (secondary N) is 1. The van der Waals surface area contributed by atoms with Crippen molar-refractivity contribution in [2.75, 3.05) is 36.8 Å². The van der Waals surface area contributed by atoms with E-state index in [1.54, 1.807) is 53.6 Å². The van der Waals surface area contributed by atoms with E-state index in [2.05, 4.69) is 56.2 Å². The summed E-state index contributed by atoms with van der Waals surface area (Å²) in [7, 11) is -4.73. The molecule has 4 heterocycles. The van der Waals surface area contributed by atoms with E-state index in [1.807, 2.05) is 36.4 Å². The second-order valence-electron chi connectivity index (χ2n) is 20.3. The first kappa shape index (κ1) is 56.2. The molecule has 2 N–H and O–H groups in total. The summed E-state index contributed by atoms with van der Waals surface area (Å²) < 4.78 is 93.5. The zero-order chi connectivity index (χ0) is 55.9. The van der Waals surface area contributed by atoms with Gasteiger partial charge in [-0.3, -0.25) is 28.2 Å². The molecule has 5 aromatic carbocycles. The average Bonchev–Trinajstić information content (AvgIpc) is 4.01. The van der Waals surface area contributed by atoms with Crippen LogP contribution in [-0.2, 0) is 53.1 Å². The monoisotopic (exact) mass is 1110 g/mol. The first-order valence-corrected chi connectivity index (χ1v) is 30.2. The molecular weight excluding hydrogens is 1040 g/mol. The van der Waals surface area contributed by atoms with Gasteiger partial charge in [-0.2, -0.15) is 21.1 Å². The lowest BCUT2D eigenvalue weighted by Crippen LogP contribution is -2.51. The minimum atomic E-state index is -4.03. The Morgan fingerprint density at radius 3 is 1.58 bits per heavy atom. The molecule has 2 aliphatic heterocycles. The lowest BCUT2D eigenvalue weighted by atomic mass is 10.0. The first-order valence-electron chi connectivity index (χ1n) is 25.2. The van der Waals surface area contributed by atoms with Crippen LogP contribution < -0.4 is 17.8 Å². The van der Waals surface area contributed by atoms with Gasteiger partial charge in [0.2, 0.25) is 0 Å². The number of fused-ring (bicyclic) bond motifs is 4. The number of aromatic hydroxyl groups is 1. The number of aromatic nitrogens is 2. The van der Waals surface area contributed by atoms with Gasteiger partial charge in [0.25, 0.3) is 20.1 Å². The highest BCUT2D eigenvalue weighted by Gasteiger charge is 2.49. The van der Waals surface area contributed by atoms with E-state index >= 15 is 0 Å². The van der Waals surface area contributed by atoms with Crippen molar-refractivity contribution in [3.8, 4) is 11.5 Å². The SMILES string of the molecule is CN(Cc1ccccc1)S(=O)(=O)N(C)c1c2c(c(O)c3ncccc13)C(=O)N(Cc1ccc(F)cc1)C2.CNS(=O)(=O)N(C)c1c2c(c(O[Si](C(C)C)(C(C)C)C(C)C)c3ncccc13)C(=O)N(Cc1ccc(F)cc1)C2. The van der Waals surface area contributed by atoms with Gasteiger partial charge in [-0.25, -0.2) is 13.5 Å². The number of amides is 2. The molecule has 0 saturated heterocycles. The molecule has 0 aliphatic carbocycles. The van der Waals surface area contributed by atoms with Crippen LogP contribution in [-0.4, -0.2) is 94.3 Å². The predicted octanol–water partition coefficient (Wildman–Crippen LogP) is 10.0. The summed E-state index contributed by atoms with van der Waals surface area (Å²) in [5.41, 5.74) is 5.62. The third-order valence-electron chi connectivity index (χ3n) is 14.7. The Morgan fingerprint density at radius 1 is 0.636 bits per heavy atom. The Labute approximate surface area is 450 Å². The summed E-state index contributed by atoms with van der Waals surface area (Å²) in [6.07, 6.45) is 3.11. The van der Waals surface area contributed by atoms with Gasteiger partial charge in [0.15, 0.2) is 5.75 Å². The number of pyridine rings is 2. The van der Waals surface area contributed by atoms with E-state index in [0.29, 0.717) is 50.0 Å². The van der Waals surface area contributed by atoms with E-state index < -0.39 is 34.6 Å². The summed E-state index contributed by atoms with van der Waals surface area (Å²) in [5.74, 6) is -1.31. The Balaban J connectivity index is 0.000000204. The van der Waals surface area contributed by atoms with Crippen LogP contribution in [0.5, 0.6) is 11.5 Å². The fraction of sp³-hybridized carbons (Fsp3) is 0.321. The van der Waals surface area contributed by atoms with Gasteiger partial charge < -0.3 is 19.3 Å². The maximum atomic E-state index is 14.2. The van der Waals surface area contributed by atoms with Gasteiger partial charge in [0.1, 0.15) is 28.4 Å². The number of phenolic OH excluding ortho intramolecular Hbond substituents is 1. The van der Waals surface area contributed by atoms with E-state index in [4.69, 9.17) is 4.43 Å². The highest BCUT2D eigenvalue weighted by Crippen LogP contribution is 2.50. The highest BCUT2D eigenvalue weighted by molar-refractivity contribution is 7.91. The maximum Gasteiger partial charge on any atom is 0.303 e. The van der Waals surface area contributed by atoms with Crippen LogP contribution in [0.15, 0.2) is 116 Å². The molecular formula is C56H64F2N8O8S2Si. The van der Waals surface area contributed by atoms with Crippen LogP contribution in [0.3, 0.4) is 0 Å². The summed E-state index contributed by atoms with van der Waals surface area (Å²) in [4.78, 5) is 39.7. The number of carbonyl (C=O) groups is 2. The van der Waals surface area contributed by atoms with E-state index in [1.165, 1.54) is 72.2 Å². The number of rotatable bonds is 17. The largest absolute Gasteiger partial charge is 0.541 e. The van der Waals surface area contributed by atoms with Crippen molar-refractivity contribution in [3.63, 3.8) is 0 Å². The molecule has 77 heavy (non-hydrogen) atoms. The van der Waals surface area contributed by atoms with Crippen molar-refractivity contribution in [2.45, 2.75) is 90.9 Å². The fourth-order valence-corrected chi connectivity index (χ4v) is 18.1. The zero-order valence-corrected chi connectivity index (χ0v) is 47.4. The molecule has 2 aromatic heterocycles. The smallest absolute Gasteiger partial charge is 0.303 e. The number of nitrogens with zero attached hydrogens (tertiary/aromatic N) is 7. The predicted molar refractivity (Wildman–Crippen MR) is 298 cm³/mol. The van der Waals surface area contributed by atoms with Gasteiger partial charge in [0, 0.05) is 95.2 Å². The van der Waals surface area contributed by atoms with Crippen LogP contribution >= 0.6 is 0 Å². The van der Waals surface area contributed by atoms with E-state index in [-0.39, 0.29) is 89.4 Å². The standard InChI is InChI=1S/C29H39FN4O4SSi.C27H25FN4O4S/c1-18(2)40(19(3)4,20(5)6)38-28-25-24(17-34(29(25)35)16-21-11-13-22(30)14-12-21)27(33(8)39(36,37)31-7)23-10-9-15-32-26(23)28;1-30(15-18-7-4-3-5-8-18)37(35,36)31(2)25-21-9-6-14-29-24(21)26(33)23-22(25)17-32(27(23)34)16-19-10-12-20(28)13-11-19/h9-15,18-20,31H,16-17H2,1-8H3;3-14,33H,15-17H2,1-2H3. The second-order valence-corrected chi connectivity index (χ2v) is 29.6. The average molecular weight is 1110 g/mol. The molecule has 0 bridgehead atoms. The topological polar surface area (TPSA) is 186 Å². The Morgan fingerprint density at radius 2 is 1.09 bits per heavy atom. The Hall–Kier alpha value is -7.04. The number of hydrogen-bond acceptors (Lipinski definition) is 10. The maximum absolute atomic E-state index is 14.2. The van der Waals surface area contributed by atoms with Crippen molar-refractivity contribution in [1.82, 2.24) is 28.8 Å². The molecule has 16 nitrogen and oxygen atoms in total. The van der Waals surface area contributed by atoms with Gasteiger partial charge in [-0.1, -0.05) is 96.1 Å². The number of anilines is 2. The summed E-state index contributed by atoms with van der Waals surface area (Å²) in [6, 6.07) is 27.9. The number of phenols is 1. The molecule has 2 amide bonds. The molecule has 0 atom stereocenters. The summed E-state index contributed by atoms with van der Waals surface area (Å²) >= 11 is 0. The van der Waals surface area contributed by atoms with Crippen molar-refractivity contribution in [3.05, 3.63) is 166 Å². The Kier molecular flexibility index (Phi) is 16.1. The number of halogens is 2. The molecule has 9 rings (SSSR count). The molecule has 2 aliphatic rings. The van der Waals surface area contributed by atoms with Crippen LogP contribution in [0.4, 0.5) is 20.2 Å². The molecule has 0 saturated carbocycles. The van der Waals surface area contributed by atoms with Gasteiger partial charge >= 0.3 is 20.4 Å². The third kappa shape index (κ3) is 10.6. The number of carbonyl (C=O) groups excluding carboxylic acids is 2. The van der Waals surface area contributed by atoms with Gasteiger partial charge in [-0.15, -0.1) is 0 Å². The van der Waals surface area contributed by atoms with Gasteiger partial charge in [0.05, 0.1) is 22.5 Å². The lowest BCUT2D eigenvalue weighted by Gasteiger charge is -2.42. The van der Waals surface area contributed by atoms with Crippen LogP contribution in [0, 0.1) is 11.6 Å². The summed E-state index contributed by atoms with van der Waals surface area (Å²) in [6.45, 7) is 13.8. The van der Waals surface area contributed by atoms with Crippen LogP contribution in [0.1, 0.15) is 90.1 Å². The number of hydrogen-bond donors (Lipinski definition) is 2. The fourth-order valence-electron chi connectivity index (χ4n) is 11.0. The zero-order valence-electron chi connectivity index (χ0n) is 44.7. The molecule has 7 aromatic rings. The second kappa shape index (κ2) is 22.1. The normalized spacial score (nSPS) is 13.8.